The molecular formula is C15H25FN2O. The van der Waals surface area contributed by atoms with E-state index in [1.165, 1.54) is 6.07 Å². The molecule has 1 rings (SSSR count). The van der Waals surface area contributed by atoms with Gasteiger partial charge in [0.15, 0.2) is 0 Å². The minimum absolute atomic E-state index is 0.0338. The van der Waals surface area contributed by atoms with Crippen LogP contribution in [0.4, 0.5) is 4.39 Å². The first-order chi connectivity index (χ1) is 9.15. The van der Waals surface area contributed by atoms with Crippen molar-refractivity contribution in [3.63, 3.8) is 0 Å². The fraction of sp³-hybridized carbons (Fsp3) is 0.600. The van der Waals surface area contributed by atoms with E-state index in [-0.39, 0.29) is 11.9 Å². The summed E-state index contributed by atoms with van der Waals surface area (Å²) in [6.07, 6.45) is 0.890. The van der Waals surface area contributed by atoms with E-state index in [0.29, 0.717) is 11.3 Å². The average Bonchev–Trinajstić information content (AvgIpc) is 2.44. The fourth-order valence-corrected chi connectivity index (χ4v) is 2.22. The number of rotatable bonds is 8. The van der Waals surface area contributed by atoms with Crippen molar-refractivity contribution in [3.05, 3.63) is 29.6 Å². The normalized spacial score (nSPS) is 12.7. The first-order valence-electron chi connectivity index (χ1n) is 6.89. The molecule has 1 atom stereocenters. The van der Waals surface area contributed by atoms with Gasteiger partial charge in [0.25, 0.3) is 0 Å². The van der Waals surface area contributed by atoms with E-state index in [1.807, 2.05) is 7.05 Å². The Balaban J connectivity index is 2.74. The molecule has 19 heavy (non-hydrogen) atoms. The Morgan fingerprint density at radius 3 is 2.47 bits per heavy atom. The zero-order valence-electron chi connectivity index (χ0n) is 12.4. The highest BCUT2D eigenvalue weighted by molar-refractivity contribution is 5.30. The second-order valence-electron chi connectivity index (χ2n) is 4.54. The third-order valence-corrected chi connectivity index (χ3v) is 3.56. The predicted molar refractivity (Wildman–Crippen MR) is 77.2 cm³/mol. The minimum atomic E-state index is -0.210. The number of nitrogens with one attached hydrogen (secondary N) is 1. The van der Waals surface area contributed by atoms with Gasteiger partial charge in [0.05, 0.1) is 7.11 Å². The number of hydrogen-bond donors (Lipinski definition) is 1. The molecule has 0 aliphatic rings. The minimum Gasteiger partial charge on any atom is -0.497 e. The van der Waals surface area contributed by atoms with Gasteiger partial charge in [0, 0.05) is 17.7 Å². The van der Waals surface area contributed by atoms with Gasteiger partial charge in [-0.1, -0.05) is 19.9 Å². The summed E-state index contributed by atoms with van der Waals surface area (Å²) in [5, 5.41) is 3.19. The molecule has 0 aromatic heterocycles. The van der Waals surface area contributed by atoms with E-state index in [1.54, 1.807) is 19.2 Å². The van der Waals surface area contributed by atoms with Crippen molar-refractivity contribution in [2.24, 2.45) is 0 Å². The van der Waals surface area contributed by atoms with E-state index in [0.717, 1.165) is 26.1 Å². The molecule has 0 bridgehead atoms. The van der Waals surface area contributed by atoms with Gasteiger partial charge in [-0.3, -0.25) is 0 Å². The number of hydrogen-bond acceptors (Lipinski definition) is 3. The number of methoxy groups -OCH3 is 1. The summed E-state index contributed by atoms with van der Waals surface area (Å²) in [6, 6.07) is 5.08. The van der Waals surface area contributed by atoms with Crippen LogP contribution in [0.15, 0.2) is 18.2 Å². The van der Waals surface area contributed by atoms with Crippen LogP contribution in [0, 0.1) is 5.82 Å². The molecular weight excluding hydrogens is 243 g/mol. The van der Waals surface area contributed by atoms with Gasteiger partial charge < -0.3 is 15.0 Å². The van der Waals surface area contributed by atoms with Crippen LogP contribution in [-0.4, -0.2) is 38.7 Å². The number of ether oxygens (including phenoxy) is 1. The summed E-state index contributed by atoms with van der Waals surface area (Å²) in [6.45, 7) is 7.30. The molecule has 0 saturated carbocycles. The molecule has 0 spiro atoms. The summed E-state index contributed by atoms with van der Waals surface area (Å²) in [7, 11) is 3.42. The van der Waals surface area contributed by atoms with E-state index in [9.17, 15) is 4.39 Å². The molecule has 108 valence electrons. The molecule has 0 amide bonds. The van der Waals surface area contributed by atoms with Crippen LogP contribution in [0.2, 0.25) is 0 Å². The lowest BCUT2D eigenvalue weighted by molar-refractivity contribution is 0.283. The lowest BCUT2D eigenvalue weighted by Gasteiger charge is -2.23. The third-order valence-electron chi connectivity index (χ3n) is 3.56. The highest BCUT2D eigenvalue weighted by Crippen LogP contribution is 2.24. The van der Waals surface area contributed by atoms with Crippen molar-refractivity contribution < 1.29 is 9.13 Å². The molecule has 1 unspecified atom stereocenters. The van der Waals surface area contributed by atoms with E-state index in [4.69, 9.17) is 4.74 Å². The summed E-state index contributed by atoms with van der Waals surface area (Å²) in [5.41, 5.74) is 0.704. The SMILES string of the molecule is CCN(CC)CCC(NC)c1ccc(OC)cc1F. The van der Waals surface area contributed by atoms with Gasteiger partial charge in [0.1, 0.15) is 11.6 Å². The molecule has 1 aromatic rings. The van der Waals surface area contributed by atoms with Crippen LogP contribution in [0.3, 0.4) is 0 Å². The van der Waals surface area contributed by atoms with E-state index in [2.05, 4.69) is 24.1 Å². The summed E-state index contributed by atoms with van der Waals surface area (Å²) in [5.74, 6) is 0.345. The fourth-order valence-electron chi connectivity index (χ4n) is 2.22. The van der Waals surface area contributed by atoms with Gasteiger partial charge in [-0.2, -0.15) is 0 Å². The maximum absolute atomic E-state index is 14.0. The van der Waals surface area contributed by atoms with Gasteiger partial charge in [-0.05, 0) is 39.2 Å². The topological polar surface area (TPSA) is 24.5 Å². The second kappa shape index (κ2) is 8.12. The molecule has 1 N–H and O–H groups in total. The Hall–Kier alpha value is -1.13. The monoisotopic (exact) mass is 268 g/mol. The summed E-state index contributed by atoms with van der Waals surface area (Å²) >= 11 is 0. The molecule has 1 aromatic carbocycles. The highest BCUT2D eigenvalue weighted by atomic mass is 19.1. The number of nitrogens with zero attached hydrogens (tertiary/aromatic N) is 1. The van der Waals surface area contributed by atoms with Crippen LogP contribution in [0.25, 0.3) is 0 Å². The molecule has 0 aliphatic heterocycles. The van der Waals surface area contributed by atoms with Gasteiger partial charge >= 0.3 is 0 Å². The maximum Gasteiger partial charge on any atom is 0.131 e. The Labute approximate surface area is 115 Å². The van der Waals surface area contributed by atoms with Gasteiger partial charge in [0.2, 0.25) is 0 Å². The van der Waals surface area contributed by atoms with Crippen molar-refractivity contribution in [3.8, 4) is 5.75 Å². The second-order valence-corrected chi connectivity index (χ2v) is 4.54. The van der Waals surface area contributed by atoms with Crippen molar-refractivity contribution in [2.45, 2.75) is 26.3 Å². The van der Waals surface area contributed by atoms with Crippen LogP contribution in [0.5, 0.6) is 5.75 Å². The quantitative estimate of drug-likeness (QED) is 0.784. The average molecular weight is 268 g/mol. The molecule has 0 heterocycles. The predicted octanol–water partition coefficient (Wildman–Crippen LogP) is 2.83. The highest BCUT2D eigenvalue weighted by Gasteiger charge is 2.15. The van der Waals surface area contributed by atoms with E-state index >= 15 is 0 Å². The molecule has 4 heteroatoms. The molecule has 0 saturated heterocycles. The van der Waals surface area contributed by atoms with Gasteiger partial charge in [-0.25, -0.2) is 4.39 Å². The first-order valence-corrected chi connectivity index (χ1v) is 6.89. The van der Waals surface area contributed by atoms with Crippen LogP contribution in [0.1, 0.15) is 31.9 Å². The Morgan fingerprint density at radius 2 is 2.00 bits per heavy atom. The van der Waals surface area contributed by atoms with Crippen LogP contribution in [-0.2, 0) is 0 Å². The van der Waals surface area contributed by atoms with Crippen LogP contribution >= 0.6 is 0 Å². The molecule has 3 nitrogen and oxygen atoms in total. The van der Waals surface area contributed by atoms with Crippen molar-refractivity contribution in [2.75, 3.05) is 33.8 Å². The maximum atomic E-state index is 14.0. The molecule has 0 radical (unpaired) electrons. The van der Waals surface area contributed by atoms with Crippen LogP contribution < -0.4 is 10.1 Å². The zero-order valence-corrected chi connectivity index (χ0v) is 12.4. The summed E-state index contributed by atoms with van der Waals surface area (Å²) < 4.78 is 19.1. The smallest absolute Gasteiger partial charge is 0.131 e. The first kappa shape index (κ1) is 15.9. The standard InChI is InChI=1S/C15H25FN2O/c1-5-18(6-2)10-9-15(17-3)13-8-7-12(19-4)11-14(13)16/h7-8,11,15,17H,5-6,9-10H2,1-4H3. The lowest BCUT2D eigenvalue weighted by Crippen LogP contribution is -2.28. The van der Waals surface area contributed by atoms with E-state index < -0.39 is 0 Å². The molecule has 0 aliphatic carbocycles. The molecule has 0 fully saturated rings. The largest absolute Gasteiger partial charge is 0.497 e. The van der Waals surface area contributed by atoms with Crippen molar-refractivity contribution in [1.82, 2.24) is 10.2 Å². The Morgan fingerprint density at radius 1 is 1.32 bits per heavy atom. The summed E-state index contributed by atoms with van der Waals surface area (Å²) in [4.78, 5) is 2.34. The zero-order chi connectivity index (χ0) is 14.3. The Bertz CT molecular complexity index is 380. The van der Waals surface area contributed by atoms with Crippen molar-refractivity contribution >= 4 is 0 Å². The van der Waals surface area contributed by atoms with Gasteiger partial charge in [-0.15, -0.1) is 0 Å². The number of benzene rings is 1. The third kappa shape index (κ3) is 4.48. The lowest BCUT2D eigenvalue weighted by atomic mass is 10.0. The van der Waals surface area contributed by atoms with Crippen molar-refractivity contribution in [1.29, 1.82) is 0 Å². The number of halogens is 1. The Kier molecular flexibility index (Phi) is 6.81.